The van der Waals surface area contributed by atoms with Gasteiger partial charge in [0.2, 0.25) is 0 Å². The maximum Gasteiger partial charge on any atom is 0.271 e. The van der Waals surface area contributed by atoms with E-state index < -0.39 is 10.0 Å². The molecule has 0 saturated heterocycles. The van der Waals surface area contributed by atoms with Crippen LogP contribution in [0.15, 0.2) is 53.6 Å². The molecule has 0 radical (unpaired) electrons. The maximum atomic E-state index is 13.4. The van der Waals surface area contributed by atoms with Crippen molar-refractivity contribution in [2.75, 3.05) is 39.6 Å². The number of nitrogens with one attached hydrogen (secondary N) is 1. The van der Waals surface area contributed by atoms with Crippen LogP contribution >= 0.6 is 0 Å². The molecule has 7 heteroatoms. The Kier molecular flexibility index (Phi) is 5.43. The highest BCUT2D eigenvalue weighted by Crippen LogP contribution is 2.31. The number of anilines is 1. The highest BCUT2D eigenvalue weighted by atomic mass is 32.2. The van der Waals surface area contributed by atoms with E-state index in [-0.39, 0.29) is 4.90 Å². The largest absolute Gasteiger partial charge is 0.495 e. The molecule has 0 aliphatic carbocycles. The minimum atomic E-state index is -3.80. The van der Waals surface area contributed by atoms with Gasteiger partial charge in [-0.15, -0.1) is 0 Å². The first-order valence-electron chi connectivity index (χ1n) is 8.73. The van der Waals surface area contributed by atoms with Gasteiger partial charge in [0.15, 0.2) is 0 Å². The molecule has 0 amide bonds. The number of ether oxygens (including phenoxy) is 1. The minimum absolute atomic E-state index is 0.137. The minimum Gasteiger partial charge on any atom is -0.495 e. The Hall–Kier alpha value is -2.51. The number of aryl methyl sites for hydroxylation is 1. The predicted octanol–water partition coefficient (Wildman–Crippen LogP) is 3.17. The number of methoxy groups -OCH3 is 1. The standard InChI is InChI=1S/C20H25N3O3S/c1-15-5-7-18-16(13-15)9-11-23(18)27(24,25)20-14-17(6-8-19(20)26-4)21-10-12-22(2)3/h5-9,11,13-14,21H,10,12H2,1-4H3. The Morgan fingerprint density at radius 2 is 1.89 bits per heavy atom. The van der Waals surface area contributed by atoms with E-state index in [0.717, 1.165) is 23.2 Å². The van der Waals surface area contributed by atoms with E-state index in [9.17, 15) is 8.42 Å². The van der Waals surface area contributed by atoms with Gasteiger partial charge in [0, 0.05) is 30.4 Å². The summed E-state index contributed by atoms with van der Waals surface area (Å²) < 4.78 is 33.3. The van der Waals surface area contributed by atoms with Crippen molar-refractivity contribution in [1.82, 2.24) is 8.87 Å². The molecule has 0 atom stereocenters. The van der Waals surface area contributed by atoms with Gasteiger partial charge in [-0.2, -0.15) is 0 Å². The molecular formula is C20H25N3O3S. The average molecular weight is 388 g/mol. The summed E-state index contributed by atoms with van der Waals surface area (Å²) in [6.45, 7) is 3.54. The van der Waals surface area contributed by atoms with Crippen LogP contribution in [0.2, 0.25) is 0 Å². The third-order valence-electron chi connectivity index (χ3n) is 4.40. The third kappa shape index (κ3) is 3.94. The fourth-order valence-electron chi connectivity index (χ4n) is 2.96. The van der Waals surface area contributed by atoms with Gasteiger partial charge in [-0.3, -0.25) is 0 Å². The first kappa shape index (κ1) is 19.3. The molecule has 144 valence electrons. The Morgan fingerprint density at radius 3 is 2.59 bits per heavy atom. The lowest BCUT2D eigenvalue weighted by Crippen LogP contribution is -2.21. The molecule has 0 aliphatic heterocycles. The zero-order valence-electron chi connectivity index (χ0n) is 16.1. The first-order valence-corrected chi connectivity index (χ1v) is 10.2. The van der Waals surface area contributed by atoms with Crippen LogP contribution < -0.4 is 10.1 Å². The molecule has 2 aromatic carbocycles. The molecule has 1 aromatic heterocycles. The molecule has 0 aliphatic rings. The average Bonchev–Trinajstić information content (AvgIpc) is 3.05. The van der Waals surface area contributed by atoms with Crippen molar-refractivity contribution >= 4 is 26.6 Å². The van der Waals surface area contributed by atoms with Crippen molar-refractivity contribution in [3.05, 3.63) is 54.2 Å². The first-order chi connectivity index (χ1) is 12.8. The zero-order chi connectivity index (χ0) is 19.6. The van der Waals surface area contributed by atoms with Crippen molar-refractivity contribution in [2.24, 2.45) is 0 Å². The molecule has 0 fully saturated rings. The summed E-state index contributed by atoms with van der Waals surface area (Å²) >= 11 is 0. The van der Waals surface area contributed by atoms with Gasteiger partial charge >= 0.3 is 0 Å². The number of hydrogen-bond donors (Lipinski definition) is 1. The van der Waals surface area contributed by atoms with E-state index in [1.807, 2.05) is 51.4 Å². The Labute approximate surface area is 160 Å². The topological polar surface area (TPSA) is 63.6 Å². The second-order valence-electron chi connectivity index (χ2n) is 6.77. The number of aromatic nitrogens is 1. The summed E-state index contributed by atoms with van der Waals surface area (Å²) in [4.78, 5) is 2.19. The summed E-state index contributed by atoms with van der Waals surface area (Å²) in [6, 6.07) is 12.7. The second kappa shape index (κ2) is 7.62. The van der Waals surface area contributed by atoms with E-state index in [4.69, 9.17) is 4.74 Å². The molecule has 0 saturated carbocycles. The van der Waals surface area contributed by atoms with Crippen LogP contribution in [0, 0.1) is 6.92 Å². The highest BCUT2D eigenvalue weighted by Gasteiger charge is 2.23. The molecule has 0 unspecified atom stereocenters. The predicted molar refractivity (Wildman–Crippen MR) is 109 cm³/mol. The summed E-state index contributed by atoms with van der Waals surface area (Å²) in [5.41, 5.74) is 2.47. The fourth-order valence-corrected chi connectivity index (χ4v) is 4.50. The van der Waals surface area contributed by atoms with Gasteiger partial charge in [0.1, 0.15) is 10.6 Å². The Morgan fingerprint density at radius 1 is 1.11 bits per heavy atom. The monoisotopic (exact) mass is 387 g/mol. The van der Waals surface area contributed by atoms with E-state index in [0.29, 0.717) is 17.8 Å². The van der Waals surface area contributed by atoms with Gasteiger partial charge in [-0.25, -0.2) is 12.4 Å². The lowest BCUT2D eigenvalue weighted by atomic mass is 10.2. The fraction of sp³-hybridized carbons (Fsp3) is 0.300. The summed E-state index contributed by atoms with van der Waals surface area (Å²) in [5.74, 6) is 0.321. The van der Waals surface area contributed by atoms with Crippen molar-refractivity contribution in [3.8, 4) is 5.75 Å². The number of nitrogens with zero attached hydrogens (tertiary/aromatic N) is 2. The van der Waals surface area contributed by atoms with E-state index in [1.54, 1.807) is 18.3 Å². The molecular weight excluding hydrogens is 362 g/mol. The molecule has 6 nitrogen and oxygen atoms in total. The SMILES string of the molecule is COc1ccc(NCCN(C)C)cc1S(=O)(=O)n1ccc2cc(C)ccc21. The normalized spacial score (nSPS) is 11.9. The summed E-state index contributed by atoms with van der Waals surface area (Å²) in [7, 11) is 1.66. The summed E-state index contributed by atoms with van der Waals surface area (Å²) in [6.07, 6.45) is 1.59. The lowest BCUT2D eigenvalue weighted by molar-refractivity contribution is 0.402. The molecule has 3 aromatic rings. The van der Waals surface area contributed by atoms with Crippen LogP contribution in [0.4, 0.5) is 5.69 Å². The summed E-state index contributed by atoms with van der Waals surface area (Å²) in [5, 5.41) is 4.15. The van der Waals surface area contributed by atoms with Crippen LogP contribution in [0.25, 0.3) is 10.9 Å². The van der Waals surface area contributed by atoms with Crippen LogP contribution in [-0.4, -0.2) is 51.6 Å². The number of likely N-dealkylation sites (N-methyl/N-ethyl adjacent to an activating group) is 1. The van der Waals surface area contributed by atoms with Crippen LogP contribution in [0.5, 0.6) is 5.75 Å². The van der Waals surface area contributed by atoms with Crippen molar-refractivity contribution < 1.29 is 13.2 Å². The van der Waals surface area contributed by atoms with Crippen molar-refractivity contribution in [1.29, 1.82) is 0 Å². The molecule has 1 heterocycles. The Bertz CT molecular complexity index is 1060. The maximum absolute atomic E-state index is 13.4. The van der Waals surface area contributed by atoms with Gasteiger partial charge in [0.25, 0.3) is 10.0 Å². The zero-order valence-corrected chi connectivity index (χ0v) is 16.9. The van der Waals surface area contributed by atoms with Gasteiger partial charge < -0.3 is 15.0 Å². The van der Waals surface area contributed by atoms with Crippen LogP contribution in [0.1, 0.15) is 5.56 Å². The number of hydrogen-bond acceptors (Lipinski definition) is 5. The lowest BCUT2D eigenvalue weighted by Gasteiger charge is -2.15. The van der Waals surface area contributed by atoms with E-state index in [2.05, 4.69) is 10.2 Å². The molecule has 1 N–H and O–H groups in total. The van der Waals surface area contributed by atoms with Crippen molar-refractivity contribution in [3.63, 3.8) is 0 Å². The molecule has 27 heavy (non-hydrogen) atoms. The van der Waals surface area contributed by atoms with Crippen LogP contribution in [-0.2, 0) is 10.0 Å². The van der Waals surface area contributed by atoms with E-state index >= 15 is 0 Å². The van der Waals surface area contributed by atoms with Gasteiger partial charge in [-0.05, 0) is 57.4 Å². The van der Waals surface area contributed by atoms with Gasteiger partial charge in [0.05, 0.1) is 12.6 Å². The quantitative estimate of drug-likeness (QED) is 0.675. The van der Waals surface area contributed by atoms with Gasteiger partial charge in [-0.1, -0.05) is 11.6 Å². The van der Waals surface area contributed by atoms with E-state index in [1.165, 1.54) is 11.1 Å². The second-order valence-corrected chi connectivity index (χ2v) is 8.56. The number of rotatable bonds is 7. The molecule has 3 rings (SSSR count). The smallest absolute Gasteiger partial charge is 0.271 e. The molecule has 0 bridgehead atoms. The van der Waals surface area contributed by atoms with Crippen LogP contribution in [0.3, 0.4) is 0 Å². The Balaban J connectivity index is 2.04. The molecule has 0 spiro atoms. The number of fused-ring (bicyclic) bond motifs is 1. The highest BCUT2D eigenvalue weighted by molar-refractivity contribution is 7.90. The van der Waals surface area contributed by atoms with Crippen molar-refractivity contribution in [2.45, 2.75) is 11.8 Å². The number of benzene rings is 2. The third-order valence-corrected chi connectivity index (χ3v) is 6.11.